The van der Waals surface area contributed by atoms with Gasteiger partial charge in [-0.05, 0) is 31.0 Å². The van der Waals surface area contributed by atoms with E-state index in [9.17, 15) is 0 Å². The molecule has 2 aromatic rings. The van der Waals surface area contributed by atoms with Gasteiger partial charge in [0.1, 0.15) is 10.8 Å². The topological polar surface area (TPSA) is 34.2 Å². The predicted octanol–water partition coefficient (Wildman–Crippen LogP) is 4.22. The van der Waals surface area contributed by atoms with Gasteiger partial charge in [0.2, 0.25) is 0 Å². The van der Waals surface area contributed by atoms with E-state index < -0.39 is 0 Å². The number of rotatable bonds is 6. The number of halogens is 1. The molecule has 108 valence electrons. The van der Waals surface area contributed by atoms with E-state index in [0.717, 1.165) is 23.5 Å². The number of nitrogens with one attached hydrogen (secondary N) is 1. The van der Waals surface area contributed by atoms with Crippen LogP contribution in [0.15, 0.2) is 24.4 Å². The Hall–Kier alpha value is -1.10. The molecule has 0 radical (unpaired) electrons. The highest BCUT2D eigenvalue weighted by Crippen LogP contribution is 2.25. The van der Waals surface area contributed by atoms with Gasteiger partial charge in [-0.15, -0.1) is 11.3 Å². The molecule has 1 aromatic carbocycles. The third-order valence-electron chi connectivity index (χ3n) is 3.12. The minimum atomic E-state index is 0.237. The first-order chi connectivity index (χ1) is 9.63. The molecule has 0 aliphatic carbocycles. The van der Waals surface area contributed by atoms with Crippen molar-refractivity contribution in [2.45, 2.75) is 32.9 Å². The third kappa shape index (κ3) is 3.72. The van der Waals surface area contributed by atoms with E-state index in [2.05, 4.69) is 24.1 Å². The average Bonchev–Trinajstić information content (AvgIpc) is 2.94. The summed E-state index contributed by atoms with van der Waals surface area (Å²) in [4.78, 5) is 5.77. The Balaban J connectivity index is 1.96. The van der Waals surface area contributed by atoms with Crippen LogP contribution in [0.1, 0.15) is 35.3 Å². The van der Waals surface area contributed by atoms with E-state index in [-0.39, 0.29) is 6.04 Å². The lowest BCUT2D eigenvalue weighted by atomic mass is 10.2. The lowest BCUT2D eigenvalue weighted by Crippen LogP contribution is -2.17. The minimum absolute atomic E-state index is 0.237. The molecule has 0 aliphatic heterocycles. The molecule has 2 rings (SSSR count). The fraction of sp³-hybridized carbons (Fsp3) is 0.400. The van der Waals surface area contributed by atoms with Crippen LogP contribution in [0.3, 0.4) is 0 Å². The molecule has 3 nitrogen and oxygen atoms in total. The zero-order chi connectivity index (χ0) is 14.5. The first-order valence-electron chi connectivity index (χ1n) is 6.64. The smallest absolute Gasteiger partial charge is 0.137 e. The lowest BCUT2D eigenvalue weighted by molar-refractivity contribution is 0.414. The Kier molecular flexibility index (Phi) is 5.40. The molecular weight excluding hydrogens is 292 g/mol. The molecule has 0 fully saturated rings. The second-order valence-corrected chi connectivity index (χ2v) is 6.14. The maximum absolute atomic E-state index is 6.12. The van der Waals surface area contributed by atoms with Gasteiger partial charge in [-0.3, -0.25) is 0 Å². The van der Waals surface area contributed by atoms with E-state index in [4.69, 9.17) is 16.3 Å². The molecule has 1 atom stereocenters. The van der Waals surface area contributed by atoms with Crippen molar-refractivity contribution in [2.24, 2.45) is 0 Å². The number of thiazole rings is 1. The Labute approximate surface area is 129 Å². The highest BCUT2D eigenvalue weighted by molar-refractivity contribution is 7.11. The van der Waals surface area contributed by atoms with E-state index in [0.29, 0.717) is 10.8 Å². The molecule has 1 heterocycles. The van der Waals surface area contributed by atoms with Crippen LogP contribution in [0.5, 0.6) is 5.75 Å². The number of aromatic nitrogens is 1. The third-order valence-corrected chi connectivity index (χ3v) is 4.74. The van der Waals surface area contributed by atoms with Crippen molar-refractivity contribution in [2.75, 3.05) is 7.11 Å². The first kappa shape index (κ1) is 15.3. The SMILES string of the molecule is CCc1cnc(C(C)NCc2ccc(OC)c(Cl)c2)s1. The summed E-state index contributed by atoms with van der Waals surface area (Å²) >= 11 is 7.89. The number of hydrogen-bond donors (Lipinski definition) is 1. The van der Waals surface area contributed by atoms with E-state index >= 15 is 0 Å². The largest absolute Gasteiger partial charge is 0.495 e. The van der Waals surface area contributed by atoms with Crippen molar-refractivity contribution in [1.82, 2.24) is 10.3 Å². The molecule has 0 amide bonds. The Morgan fingerprint density at radius 2 is 2.25 bits per heavy atom. The maximum atomic E-state index is 6.12. The Morgan fingerprint density at radius 3 is 2.85 bits per heavy atom. The van der Waals surface area contributed by atoms with E-state index in [1.807, 2.05) is 24.4 Å². The van der Waals surface area contributed by atoms with Gasteiger partial charge in [0.25, 0.3) is 0 Å². The van der Waals surface area contributed by atoms with E-state index in [1.165, 1.54) is 4.88 Å². The molecule has 20 heavy (non-hydrogen) atoms. The van der Waals surface area contributed by atoms with Crippen LogP contribution in [0.4, 0.5) is 0 Å². The highest BCUT2D eigenvalue weighted by atomic mass is 35.5. The lowest BCUT2D eigenvalue weighted by Gasteiger charge is -2.12. The number of hydrogen-bond acceptors (Lipinski definition) is 4. The average molecular weight is 311 g/mol. The predicted molar refractivity (Wildman–Crippen MR) is 84.8 cm³/mol. The summed E-state index contributed by atoms with van der Waals surface area (Å²) in [6.07, 6.45) is 3.00. The molecular formula is C15H19ClN2OS. The number of aryl methyl sites for hydroxylation is 1. The van der Waals surface area contributed by atoms with Crippen molar-refractivity contribution in [3.63, 3.8) is 0 Å². The summed E-state index contributed by atoms with van der Waals surface area (Å²) < 4.78 is 5.15. The summed E-state index contributed by atoms with van der Waals surface area (Å²) in [7, 11) is 1.62. The molecule has 1 N–H and O–H groups in total. The standard InChI is InChI=1S/C15H19ClN2OS/c1-4-12-9-18-15(20-12)10(2)17-8-11-5-6-14(19-3)13(16)7-11/h5-7,9-10,17H,4,8H2,1-3H3. The van der Waals surface area contributed by atoms with Gasteiger partial charge in [-0.25, -0.2) is 4.98 Å². The summed E-state index contributed by atoms with van der Waals surface area (Å²) in [5.74, 6) is 0.705. The van der Waals surface area contributed by atoms with Gasteiger partial charge in [0.05, 0.1) is 18.2 Å². The molecule has 1 aromatic heterocycles. The molecule has 0 spiro atoms. The number of ether oxygens (including phenoxy) is 1. The first-order valence-corrected chi connectivity index (χ1v) is 7.84. The second kappa shape index (κ2) is 7.07. The summed E-state index contributed by atoms with van der Waals surface area (Å²) in [6, 6.07) is 6.08. The fourth-order valence-corrected chi connectivity index (χ4v) is 3.03. The van der Waals surface area contributed by atoms with Crippen LogP contribution < -0.4 is 10.1 Å². The van der Waals surface area contributed by atoms with Crippen molar-refractivity contribution < 1.29 is 4.74 Å². The molecule has 5 heteroatoms. The second-order valence-electron chi connectivity index (χ2n) is 4.59. The quantitative estimate of drug-likeness (QED) is 0.867. The molecule has 0 aliphatic rings. The van der Waals surface area contributed by atoms with Gasteiger partial charge in [0.15, 0.2) is 0 Å². The van der Waals surface area contributed by atoms with Gasteiger partial charge in [-0.2, -0.15) is 0 Å². The molecule has 0 bridgehead atoms. The van der Waals surface area contributed by atoms with Gasteiger partial charge >= 0.3 is 0 Å². The van der Waals surface area contributed by atoms with Crippen LogP contribution in [-0.2, 0) is 13.0 Å². The van der Waals surface area contributed by atoms with Crippen LogP contribution in [0.2, 0.25) is 5.02 Å². The number of benzene rings is 1. The fourth-order valence-electron chi connectivity index (χ4n) is 1.86. The summed E-state index contributed by atoms with van der Waals surface area (Å²) in [6.45, 7) is 5.03. The van der Waals surface area contributed by atoms with Crippen molar-refractivity contribution in [3.05, 3.63) is 44.9 Å². The van der Waals surface area contributed by atoms with Gasteiger partial charge < -0.3 is 10.1 Å². The minimum Gasteiger partial charge on any atom is -0.495 e. The van der Waals surface area contributed by atoms with Crippen LogP contribution >= 0.6 is 22.9 Å². The Bertz CT molecular complexity index is 571. The van der Waals surface area contributed by atoms with Crippen molar-refractivity contribution >= 4 is 22.9 Å². The maximum Gasteiger partial charge on any atom is 0.137 e. The molecule has 1 unspecified atom stereocenters. The van der Waals surface area contributed by atoms with Gasteiger partial charge in [-0.1, -0.05) is 24.6 Å². The molecule has 0 saturated carbocycles. The monoisotopic (exact) mass is 310 g/mol. The highest BCUT2D eigenvalue weighted by Gasteiger charge is 2.10. The zero-order valence-electron chi connectivity index (χ0n) is 11.9. The van der Waals surface area contributed by atoms with Crippen LogP contribution in [-0.4, -0.2) is 12.1 Å². The van der Waals surface area contributed by atoms with Crippen LogP contribution in [0.25, 0.3) is 0 Å². The number of methoxy groups -OCH3 is 1. The molecule has 0 saturated heterocycles. The van der Waals surface area contributed by atoms with Crippen molar-refractivity contribution in [1.29, 1.82) is 0 Å². The number of nitrogens with zero attached hydrogens (tertiary/aromatic N) is 1. The zero-order valence-corrected chi connectivity index (χ0v) is 13.5. The van der Waals surface area contributed by atoms with Gasteiger partial charge in [0, 0.05) is 17.6 Å². The summed E-state index contributed by atoms with van der Waals surface area (Å²) in [5.41, 5.74) is 1.13. The Morgan fingerprint density at radius 1 is 1.45 bits per heavy atom. The normalized spacial score (nSPS) is 12.4. The van der Waals surface area contributed by atoms with E-state index in [1.54, 1.807) is 18.4 Å². The van der Waals surface area contributed by atoms with Crippen LogP contribution in [0, 0.1) is 0 Å². The summed E-state index contributed by atoms with van der Waals surface area (Å²) in [5, 5.41) is 5.23. The van der Waals surface area contributed by atoms with Crippen molar-refractivity contribution in [3.8, 4) is 5.75 Å².